The lowest BCUT2D eigenvalue weighted by Crippen LogP contribution is -2.22. The van der Waals surface area contributed by atoms with Crippen molar-refractivity contribution in [3.8, 4) is 11.3 Å². The fraction of sp³-hybridized carbons (Fsp3) is 0.0952. The van der Waals surface area contributed by atoms with Crippen LogP contribution in [0, 0.1) is 10.1 Å². The van der Waals surface area contributed by atoms with E-state index < -0.39 is 40.6 Å². The Bertz CT molecular complexity index is 1250. The monoisotopic (exact) mass is 460 g/mol. The Labute approximate surface area is 183 Å². The summed E-state index contributed by atoms with van der Waals surface area (Å²) in [6, 6.07) is 10.8. The van der Waals surface area contributed by atoms with Gasteiger partial charge in [0.1, 0.15) is 11.5 Å². The van der Waals surface area contributed by atoms with Crippen LogP contribution in [-0.2, 0) is 17.4 Å². The van der Waals surface area contributed by atoms with E-state index in [-0.39, 0.29) is 16.9 Å². The number of carboxylic acids is 1. The van der Waals surface area contributed by atoms with Crippen molar-refractivity contribution in [1.82, 2.24) is 5.43 Å². The number of benzene rings is 2. The van der Waals surface area contributed by atoms with Gasteiger partial charge >= 0.3 is 6.18 Å². The molecule has 9 nitrogen and oxygen atoms in total. The Morgan fingerprint density at radius 2 is 1.88 bits per heavy atom. The van der Waals surface area contributed by atoms with Gasteiger partial charge in [-0.15, -0.1) is 0 Å². The number of nitro groups is 1. The highest BCUT2D eigenvalue weighted by molar-refractivity contribution is 5.87. The molecule has 0 unspecified atom stereocenters. The largest absolute Gasteiger partial charge is 0.545 e. The van der Waals surface area contributed by atoms with Gasteiger partial charge in [0.25, 0.3) is 5.69 Å². The highest BCUT2D eigenvalue weighted by Crippen LogP contribution is 2.33. The van der Waals surface area contributed by atoms with Crippen LogP contribution in [0.1, 0.15) is 27.2 Å². The average Bonchev–Trinajstić information content (AvgIpc) is 3.22. The zero-order chi connectivity index (χ0) is 24.2. The Balaban J connectivity index is 1.66. The number of carbonyl (C=O) groups excluding carboxylic acids is 2. The molecule has 1 aromatic heterocycles. The first-order chi connectivity index (χ1) is 15.5. The number of aromatic carboxylic acids is 1. The number of carboxylic acid groups (broad SMARTS) is 1. The van der Waals surface area contributed by atoms with E-state index in [1.165, 1.54) is 24.3 Å². The number of rotatable bonds is 7. The van der Waals surface area contributed by atoms with E-state index >= 15 is 0 Å². The van der Waals surface area contributed by atoms with Gasteiger partial charge in [0, 0.05) is 17.2 Å². The molecule has 0 bridgehead atoms. The van der Waals surface area contributed by atoms with Crippen LogP contribution in [0.2, 0.25) is 0 Å². The Morgan fingerprint density at radius 1 is 1.12 bits per heavy atom. The molecule has 1 amide bonds. The number of hydrazone groups is 1. The van der Waals surface area contributed by atoms with Crippen LogP contribution in [0.4, 0.5) is 18.9 Å². The molecule has 2 aromatic carbocycles. The highest BCUT2D eigenvalue weighted by Gasteiger charge is 2.33. The van der Waals surface area contributed by atoms with E-state index in [9.17, 15) is 38.0 Å². The van der Waals surface area contributed by atoms with Crippen LogP contribution in [-0.4, -0.2) is 23.0 Å². The van der Waals surface area contributed by atoms with E-state index in [0.29, 0.717) is 23.5 Å². The molecule has 33 heavy (non-hydrogen) atoms. The molecule has 0 saturated heterocycles. The number of carbonyl (C=O) groups is 2. The minimum Gasteiger partial charge on any atom is -0.545 e. The maximum atomic E-state index is 12.8. The highest BCUT2D eigenvalue weighted by atomic mass is 19.4. The molecule has 1 heterocycles. The first-order valence-electron chi connectivity index (χ1n) is 9.12. The topological polar surface area (TPSA) is 138 Å². The standard InChI is InChI=1S/C21H14F3N3O6/c22-21(23,24)15-5-4-12(17(10-15)27(31)32)9-19(28)26-25-11-16-6-7-18(33-16)13-2-1-3-14(8-13)20(29)30/h1-8,10-11H,9H2,(H,26,28)(H,29,30)/p-1. The Hall–Kier alpha value is -4.48. The van der Waals surface area contributed by atoms with Crippen LogP contribution in [0.3, 0.4) is 0 Å². The summed E-state index contributed by atoms with van der Waals surface area (Å²) in [4.78, 5) is 33.1. The predicted octanol–water partition coefficient (Wildman–Crippen LogP) is 2.93. The lowest BCUT2D eigenvalue weighted by molar-refractivity contribution is -0.385. The number of hydrogen-bond acceptors (Lipinski definition) is 7. The molecule has 3 rings (SSSR count). The van der Waals surface area contributed by atoms with Crippen molar-refractivity contribution in [2.45, 2.75) is 12.6 Å². The van der Waals surface area contributed by atoms with Gasteiger partial charge in [0.15, 0.2) is 0 Å². The van der Waals surface area contributed by atoms with Gasteiger partial charge in [0.05, 0.1) is 29.1 Å². The second-order valence-electron chi connectivity index (χ2n) is 6.64. The van der Waals surface area contributed by atoms with Crippen molar-refractivity contribution in [2.75, 3.05) is 0 Å². The number of halogens is 3. The van der Waals surface area contributed by atoms with Crippen molar-refractivity contribution in [1.29, 1.82) is 0 Å². The molecule has 170 valence electrons. The number of amides is 1. The van der Waals surface area contributed by atoms with Gasteiger partial charge in [-0.1, -0.05) is 24.3 Å². The van der Waals surface area contributed by atoms with Gasteiger partial charge in [-0.2, -0.15) is 18.3 Å². The number of alkyl halides is 3. The molecule has 12 heteroatoms. The second kappa shape index (κ2) is 9.34. The van der Waals surface area contributed by atoms with Crippen LogP contribution in [0.5, 0.6) is 0 Å². The molecule has 0 saturated carbocycles. The van der Waals surface area contributed by atoms with Crippen molar-refractivity contribution < 1.29 is 37.2 Å². The second-order valence-corrected chi connectivity index (χ2v) is 6.64. The molecule has 1 N–H and O–H groups in total. The summed E-state index contributed by atoms with van der Waals surface area (Å²) in [7, 11) is 0. The van der Waals surface area contributed by atoms with Crippen LogP contribution in [0.15, 0.2) is 64.1 Å². The number of nitro benzene ring substituents is 1. The number of nitrogens with one attached hydrogen (secondary N) is 1. The molecular formula is C21H13F3N3O6-. The van der Waals surface area contributed by atoms with Crippen LogP contribution < -0.4 is 10.5 Å². The fourth-order valence-electron chi connectivity index (χ4n) is 2.82. The smallest absolute Gasteiger partial charge is 0.416 e. The quantitative estimate of drug-likeness (QED) is 0.327. The van der Waals surface area contributed by atoms with E-state index in [4.69, 9.17) is 4.42 Å². The molecule has 3 aromatic rings. The van der Waals surface area contributed by atoms with Crippen LogP contribution >= 0.6 is 0 Å². The summed E-state index contributed by atoms with van der Waals surface area (Å²) in [5.41, 5.74) is 0.285. The Morgan fingerprint density at radius 3 is 2.55 bits per heavy atom. The normalized spacial score (nSPS) is 11.5. The van der Waals surface area contributed by atoms with E-state index in [0.717, 1.165) is 12.3 Å². The summed E-state index contributed by atoms with van der Waals surface area (Å²) < 4.78 is 43.8. The summed E-state index contributed by atoms with van der Waals surface area (Å²) in [6.07, 6.45) is -4.21. The van der Waals surface area contributed by atoms with Gasteiger partial charge < -0.3 is 14.3 Å². The number of hydrogen-bond donors (Lipinski definition) is 1. The maximum Gasteiger partial charge on any atom is 0.416 e. The molecule has 0 atom stereocenters. The molecule has 0 spiro atoms. The van der Waals surface area contributed by atoms with Crippen LogP contribution in [0.25, 0.3) is 11.3 Å². The van der Waals surface area contributed by atoms with Crippen molar-refractivity contribution >= 4 is 23.8 Å². The zero-order valence-corrected chi connectivity index (χ0v) is 16.5. The number of furan rings is 1. The van der Waals surface area contributed by atoms with E-state index in [1.54, 1.807) is 12.1 Å². The third-order valence-electron chi connectivity index (χ3n) is 4.35. The SMILES string of the molecule is O=C(Cc1ccc(C(F)(F)F)cc1[N+](=O)[O-])NN=Cc1ccc(-c2cccc(C(=O)[O-])c2)o1. The molecule has 0 aliphatic heterocycles. The minimum absolute atomic E-state index is 0.0382. The third kappa shape index (κ3) is 5.81. The Kier molecular flexibility index (Phi) is 6.56. The number of nitrogens with zero attached hydrogens (tertiary/aromatic N) is 2. The van der Waals surface area contributed by atoms with Gasteiger partial charge in [0.2, 0.25) is 5.91 Å². The van der Waals surface area contributed by atoms with E-state index in [1.807, 2.05) is 0 Å². The third-order valence-corrected chi connectivity index (χ3v) is 4.35. The summed E-state index contributed by atoms with van der Waals surface area (Å²) in [5.74, 6) is -1.63. The van der Waals surface area contributed by atoms with E-state index in [2.05, 4.69) is 10.5 Å². The molecular weight excluding hydrogens is 447 g/mol. The van der Waals surface area contributed by atoms with Crippen molar-refractivity contribution in [2.24, 2.45) is 5.10 Å². The summed E-state index contributed by atoms with van der Waals surface area (Å²) in [6.45, 7) is 0. The average molecular weight is 460 g/mol. The maximum absolute atomic E-state index is 12.8. The molecule has 0 aliphatic rings. The first-order valence-corrected chi connectivity index (χ1v) is 9.12. The van der Waals surface area contributed by atoms with Crippen molar-refractivity contribution in [3.05, 3.63) is 87.2 Å². The zero-order valence-electron chi connectivity index (χ0n) is 16.5. The minimum atomic E-state index is -4.76. The van der Waals surface area contributed by atoms with Crippen molar-refractivity contribution in [3.63, 3.8) is 0 Å². The van der Waals surface area contributed by atoms with Gasteiger partial charge in [-0.25, -0.2) is 5.43 Å². The first kappa shape index (κ1) is 23.2. The molecule has 0 fully saturated rings. The predicted molar refractivity (Wildman–Crippen MR) is 106 cm³/mol. The molecule has 0 aliphatic carbocycles. The molecule has 0 radical (unpaired) electrons. The fourth-order valence-corrected chi connectivity index (χ4v) is 2.82. The lowest BCUT2D eigenvalue weighted by atomic mass is 10.1. The van der Waals surface area contributed by atoms with Gasteiger partial charge in [-0.05, 0) is 29.8 Å². The summed E-state index contributed by atoms with van der Waals surface area (Å²) >= 11 is 0. The summed E-state index contributed by atoms with van der Waals surface area (Å²) in [5, 5.41) is 25.7. The lowest BCUT2D eigenvalue weighted by Gasteiger charge is -2.08. The van der Waals surface area contributed by atoms with Gasteiger partial charge in [-0.3, -0.25) is 14.9 Å².